The van der Waals surface area contributed by atoms with Gasteiger partial charge in [-0.3, -0.25) is 0 Å². The van der Waals surface area contributed by atoms with Gasteiger partial charge in [0.2, 0.25) is 0 Å². The van der Waals surface area contributed by atoms with Gasteiger partial charge in [0, 0.05) is 6.04 Å². The normalized spacial score (nSPS) is 13.2. The topological polar surface area (TPSA) is 3.24 Å². The third kappa shape index (κ3) is 22.1. The van der Waals surface area contributed by atoms with Crippen LogP contribution in [0.15, 0.2) is 24.3 Å². The van der Waals surface area contributed by atoms with Crippen molar-refractivity contribution in [3.8, 4) is 0 Å². The molecule has 0 aromatic rings. The molecular weight excluding hydrogens is 362 g/mol. The average molecular weight is 420 g/mol. The summed E-state index contributed by atoms with van der Waals surface area (Å²) in [6, 6.07) is 0.810. The molecule has 178 valence electrons. The highest BCUT2D eigenvalue weighted by Crippen LogP contribution is 2.17. The molecule has 1 atom stereocenters. The van der Waals surface area contributed by atoms with Crippen LogP contribution in [0.1, 0.15) is 142 Å². The van der Waals surface area contributed by atoms with E-state index in [-0.39, 0.29) is 0 Å². The zero-order chi connectivity index (χ0) is 22.1. The number of allylic oxidation sites excluding steroid dienone is 4. The predicted molar refractivity (Wildman–Crippen MR) is 139 cm³/mol. The van der Waals surface area contributed by atoms with E-state index in [0.717, 1.165) is 12.5 Å². The molecule has 0 bridgehead atoms. The minimum atomic E-state index is 0.810. The molecule has 0 radical (unpaired) electrons. The highest BCUT2D eigenvalue weighted by molar-refractivity contribution is 4.92. The highest BCUT2D eigenvalue weighted by atomic mass is 15.1. The van der Waals surface area contributed by atoms with Gasteiger partial charge in [-0.2, -0.15) is 0 Å². The fraction of sp³-hybridized carbons (Fsp3) is 0.862. The maximum atomic E-state index is 2.47. The Morgan fingerprint density at radius 3 is 1.40 bits per heavy atom. The molecule has 0 N–H and O–H groups in total. The van der Waals surface area contributed by atoms with Crippen molar-refractivity contribution in [1.29, 1.82) is 0 Å². The highest BCUT2D eigenvalue weighted by Gasteiger charge is 2.10. The number of hydrogen-bond acceptors (Lipinski definition) is 1. The molecule has 0 spiro atoms. The molecule has 0 rings (SSSR count). The standard InChI is InChI=1S/C29H57N/c1-5-7-9-11-12-13-14-15-16-17-18-19-20-21-22-24-26-28-29(30(3)4)27-25-23-10-8-6-2/h12-13,15-16,29H,5-11,14,17-28H2,1-4H3/b13-12-,16-15-/t29-/m1/s1. The molecule has 0 heterocycles. The molecule has 1 heteroatoms. The lowest BCUT2D eigenvalue weighted by Gasteiger charge is -2.24. The first kappa shape index (κ1) is 29.4. The zero-order valence-electron chi connectivity index (χ0n) is 21.5. The van der Waals surface area contributed by atoms with Gasteiger partial charge in [0.25, 0.3) is 0 Å². The van der Waals surface area contributed by atoms with E-state index in [1.165, 1.54) is 122 Å². The minimum absolute atomic E-state index is 0.810. The molecule has 30 heavy (non-hydrogen) atoms. The molecule has 0 aromatic carbocycles. The molecular formula is C29H57N. The van der Waals surface area contributed by atoms with Gasteiger partial charge in [-0.15, -0.1) is 0 Å². The Morgan fingerprint density at radius 1 is 0.500 bits per heavy atom. The molecule has 0 aliphatic heterocycles. The van der Waals surface area contributed by atoms with Crippen molar-refractivity contribution in [2.45, 2.75) is 148 Å². The van der Waals surface area contributed by atoms with E-state index >= 15 is 0 Å². The Bertz CT molecular complexity index is 369. The van der Waals surface area contributed by atoms with Crippen LogP contribution in [0.25, 0.3) is 0 Å². The Morgan fingerprint density at radius 2 is 0.900 bits per heavy atom. The molecule has 0 amide bonds. The number of hydrogen-bond donors (Lipinski definition) is 0. The molecule has 0 aliphatic carbocycles. The molecule has 0 fully saturated rings. The zero-order valence-corrected chi connectivity index (χ0v) is 21.5. The van der Waals surface area contributed by atoms with Gasteiger partial charge in [0.05, 0.1) is 0 Å². The monoisotopic (exact) mass is 419 g/mol. The molecule has 0 aromatic heterocycles. The summed E-state index contributed by atoms with van der Waals surface area (Å²) in [5, 5.41) is 0. The summed E-state index contributed by atoms with van der Waals surface area (Å²) in [6.07, 6.45) is 36.9. The third-order valence-corrected chi connectivity index (χ3v) is 6.36. The van der Waals surface area contributed by atoms with Gasteiger partial charge >= 0.3 is 0 Å². The van der Waals surface area contributed by atoms with Gasteiger partial charge in [-0.25, -0.2) is 0 Å². The second-order valence-electron chi connectivity index (χ2n) is 9.55. The maximum absolute atomic E-state index is 2.47. The Balaban J connectivity index is 3.43. The van der Waals surface area contributed by atoms with Crippen molar-refractivity contribution >= 4 is 0 Å². The second-order valence-corrected chi connectivity index (χ2v) is 9.55. The van der Waals surface area contributed by atoms with Crippen molar-refractivity contribution in [1.82, 2.24) is 4.90 Å². The van der Waals surface area contributed by atoms with Gasteiger partial charge < -0.3 is 4.90 Å². The summed E-state index contributed by atoms with van der Waals surface area (Å²) in [6.45, 7) is 4.57. The Hall–Kier alpha value is -0.560. The van der Waals surface area contributed by atoms with Crippen LogP contribution >= 0.6 is 0 Å². The van der Waals surface area contributed by atoms with Crippen molar-refractivity contribution in [3.05, 3.63) is 24.3 Å². The van der Waals surface area contributed by atoms with Gasteiger partial charge in [-0.1, -0.05) is 122 Å². The molecule has 0 unspecified atom stereocenters. The average Bonchev–Trinajstić information content (AvgIpc) is 2.74. The van der Waals surface area contributed by atoms with Crippen LogP contribution in [-0.2, 0) is 0 Å². The lowest BCUT2D eigenvalue weighted by molar-refractivity contribution is 0.251. The fourth-order valence-corrected chi connectivity index (χ4v) is 4.19. The van der Waals surface area contributed by atoms with Crippen LogP contribution in [-0.4, -0.2) is 25.0 Å². The van der Waals surface area contributed by atoms with Gasteiger partial charge in [0.1, 0.15) is 0 Å². The summed E-state index contributed by atoms with van der Waals surface area (Å²) in [7, 11) is 4.55. The van der Waals surface area contributed by atoms with Crippen molar-refractivity contribution in [3.63, 3.8) is 0 Å². The summed E-state index contributed by atoms with van der Waals surface area (Å²) >= 11 is 0. The first-order valence-corrected chi connectivity index (χ1v) is 13.7. The lowest BCUT2D eigenvalue weighted by atomic mass is 9.99. The number of nitrogens with zero attached hydrogens (tertiary/aromatic N) is 1. The van der Waals surface area contributed by atoms with Gasteiger partial charge in [0.15, 0.2) is 0 Å². The van der Waals surface area contributed by atoms with E-state index in [1.807, 2.05) is 0 Å². The molecule has 0 saturated heterocycles. The van der Waals surface area contributed by atoms with Crippen LogP contribution in [0.3, 0.4) is 0 Å². The van der Waals surface area contributed by atoms with Crippen molar-refractivity contribution in [2.24, 2.45) is 0 Å². The largest absolute Gasteiger partial charge is 0.306 e. The Labute approximate surface area is 191 Å². The number of rotatable bonds is 23. The third-order valence-electron chi connectivity index (χ3n) is 6.36. The fourth-order valence-electron chi connectivity index (χ4n) is 4.19. The van der Waals surface area contributed by atoms with E-state index in [1.54, 1.807) is 0 Å². The van der Waals surface area contributed by atoms with E-state index in [0.29, 0.717) is 0 Å². The summed E-state index contributed by atoms with van der Waals surface area (Å²) in [5.41, 5.74) is 0. The van der Waals surface area contributed by atoms with Crippen molar-refractivity contribution < 1.29 is 0 Å². The summed E-state index contributed by atoms with van der Waals surface area (Å²) in [5.74, 6) is 0. The Kier molecular flexibility index (Phi) is 24.2. The first-order chi connectivity index (χ1) is 14.7. The van der Waals surface area contributed by atoms with Crippen LogP contribution in [0.4, 0.5) is 0 Å². The van der Waals surface area contributed by atoms with Crippen LogP contribution in [0, 0.1) is 0 Å². The van der Waals surface area contributed by atoms with Crippen LogP contribution in [0.2, 0.25) is 0 Å². The molecule has 1 nitrogen and oxygen atoms in total. The second kappa shape index (κ2) is 24.7. The minimum Gasteiger partial charge on any atom is -0.306 e. The molecule has 0 aliphatic rings. The number of unbranched alkanes of at least 4 members (excludes halogenated alkanes) is 14. The summed E-state index contributed by atoms with van der Waals surface area (Å²) < 4.78 is 0. The lowest BCUT2D eigenvalue weighted by Crippen LogP contribution is -2.27. The quantitative estimate of drug-likeness (QED) is 0.118. The predicted octanol–water partition coefficient (Wildman–Crippen LogP) is 9.87. The van der Waals surface area contributed by atoms with E-state index in [4.69, 9.17) is 0 Å². The van der Waals surface area contributed by atoms with Crippen LogP contribution in [0.5, 0.6) is 0 Å². The first-order valence-electron chi connectivity index (χ1n) is 13.7. The molecule has 0 saturated carbocycles. The van der Waals surface area contributed by atoms with Crippen molar-refractivity contribution in [2.75, 3.05) is 14.1 Å². The SMILES string of the molecule is CCCCC/C=C\C/C=C\CCCCCCCCC[C@@H](CCCCCCC)N(C)C. The van der Waals surface area contributed by atoms with E-state index in [2.05, 4.69) is 57.1 Å². The summed E-state index contributed by atoms with van der Waals surface area (Å²) in [4.78, 5) is 2.47. The maximum Gasteiger partial charge on any atom is 0.00891 e. The van der Waals surface area contributed by atoms with Gasteiger partial charge in [-0.05, 0) is 59.0 Å². The van der Waals surface area contributed by atoms with E-state index < -0.39 is 0 Å². The smallest absolute Gasteiger partial charge is 0.00891 e. The van der Waals surface area contributed by atoms with E-state index in [9.17, 15) is 0 Å². The van der Waals surface area contributed by atoms with Crippen LogP contribution < -0.4 is 0 Å².